The van der Waals surface area contributed by atoms with Crippen LogP contribution >= 0.6 is 24.0 Å². The largest absolute Gasteiger partial charge is 0.489 e. The van der Waals surface area contributed by atoms with Crippen LogP contribution in [0.4, 0.5) is 4.39 Å². The van der Waals surface area contributed by atoms with Crippen molar-refractivity contribution < 1.29 is 18.7 Å². The normalized spacial score (nSPS) is 20.8. The molecule has 2 aliphatic heterocycles. The van der Waals surface area contributed by atoms with Crippen molar-refractivity contribution in [1.29, 1.82) is 0 Å². The van der Waals surface area contributed by atoms with E-state index in [1.54, 1.807) is 19.2 Å². The van der Waals surface area contributed by atoms with Gasteiger partial charge in [0, 0.05) is 45.9 Å². The molecule has 2 unspecified atom stereocenters. The van der Waals surface area contributed by atoms with Crippen LogP contribution in [0.5, 0.6) is 5.75 Å². The van der Waals surface area contributed by atoms with E-state index in [0.29, 0.717) is 32.0 Å². The van der Waals surface area contributed by atoms with Crippen molar-refractivity contribution in [2.45, 2.75) is 32.0 Å². The summed E-state index contributed by atoms with van der Waals surface area (Å²) in [5, 5.41) is 3.30. The molecule has 1 N–H and O–H groups in total. The minimum atomic E-state index is -0.316. The summed E-state index contributed by atoms with van der Waals surface area (Å²) in [6.07, 6.45) is 1.37. The number of hydrogen-bond acceptors (Lipinski definition) is 4. The molecule has 7 nitrogen and oxygen atoms in total. The minimum absolute atomic E-state index is 0. The first kappa shape index (κ1) is 23.7. The van der Waals surface area contributed by atoms with E-state index in [0.717, 1.165) is 31.9 Å². The third kappa shape index (κ3) is 6.70. The standard InChI is InChI=1S/C20H29FN4O3.HI/c1-15(28-17-6-3-5-16(21)13-17)14-23-20(22-2)25-10-8-24(9-11-25)19(26)18-7-4-12-27-18;/h3,5-6,13,15,18H,4,7-12,14H2,1-2H3,(H,22,23);1H. The first-order valence-corrected chi connectivity index (χ1v) is 9.85. The summed E-state index contributed by atoms with van der Waals surface area (Å²) in [5.74, 6) is 1.07. The number of benzene rings is 1. The Morgan fingerprint density at radius 2 is 2.07 bits per heavy atom. The van der Waals surface area contributed by atoms with Crippen molar-refractivity contribution in [3.8, 4) is 5.75 Å². The van der Waals surface area contributed by atoms with E-state index >= 15 is 0 Å². The van der Waals surface area contributed by atoms with Crippen molar-refractivity contribution in [2.75, 3.05) is 46.4 Å². The Kier molecular flexibility index (Phi) is 9.41. The summed E-state index contributed by atoms with van der Waals surface area (Å²) in [6, 6.07) is 6.12. The monoisotopic (exact) mass is 520 g/mol. The lowest BCUT2D eigenvalue weighted by Gasteiger charge is -2.37. The van der Waals surface area contributed by atoms with Gasteiger partial charge < -0.3 is 24.6 Å². The number of carbonyl (C=O) groups excluding carboxylic acids is 1. The molecule has 29 heavy (non-hydrogen) atoms. The zero-order chi connectivity index (χ0) is 19.9. The molecule has 1 aromatic rings. The molecular weight excluding hydrogens is 490 g/mol. The molecule has 0 aromatic heterocycles. The van der Waals surface area contributed by atoms with Crippen LogP contribution in [0.1, 0.15) is 19.8 Å². The van der Waals surface area contributed by atoms with E-state index < -0.39 is 0 Å². The van der Waals surface area contributed by atoms with Crippen LogP contribution in [-0.2, 0) is 9.53 Å². The molecule has 2 heterocycles. The second kappa shape index (κ2) is 11.5. The van der Waals surface area contributed by atoms with Gasteiger partial charge in [-0.05, 0) is 31.9 Å². The average molecular weight is 520 g/mol. The fourth-order valence-corrected chi connectivity index (χ4v) is 3.50. The first-order valence-electron chi connectivity index (χ1n) is 9.85. The van der Waals surface area contributed by atoms with Gasteiger partial charge in [0.2, 0.25) is 0 Å². The maximum Gasteiger partial charge on any atom is 0.251 e. The van der Waals surface area contributed by atoms with Gasteiger partial charge in [-0.3, -0.25) is 9.79 Å². The second-order valence-corrected chi connectivity index (χ2v) is 7.13. The SMILES string of the molecule is CN=C(NCC(C)Oc1cccc(F)c1)N1CCN(C(=O)C2CCCO2)CC1.I. The van der Waals surface area contributed by atoms with Crippen LogP contribution in [0.2, 0.25) is 0 Å². The number of halogens is 2. The molecule has 2 fully saturated rings. The van der Waals surface area contributed by atoms with Crippen LogP contribution in [0.25, 0.3) is 0 Å². The number of nitrogens with one attached hydrogen (secondary N) is 1. The Bertz CT molecular complexity index is 692. The zero-order valence-electron chi connectivity index (χ0n) is 17.0. The lowest BCUT2D eigenvalue weighted by Crippen LogP contribution is -2.55. The molecule has 0 saturated carbocycles. The molecule has 9 heteroatoms. The molecule has 1 aromatic carbocycles. The molecule has 0 radical (unpaired) electrons. The smallest absolute Gasteiger partial charge is 0.251 e. The maximum atomic E-state index is 13.3. The van der Waals surface area contributed by atoms with Crippen molar-refractivity contribution >= 4 is 35.8 Å². The van der Waals surface area contributed by atoms with Gasteiger partial charge in [-0.25, -0.2) is 4.39 Å². The first-order chi connectivity index (χ1) is 13.6. The van der Waals surface area contributed by atoms with Gasteiger partial charge in [-0.2, -0.15) is 0 Å². The predicted molar refractivity (Wildman–Crippen MR) is 120 cm³/mol. The summed E-state index contributed by atoms with van der Waals surface area (Å²) in [4.78, 5) is 20.8. The van der Waals surface area contributed by atoms with Gasteiger partial charge in [0.25, 0.3) is 5.91 Å². The zero-order valence-corrected chi connectivity index (χ0v) is 19.3. The van der Waals surface area contributed by atoms with Gasteiger partial charge in [-0.15, -0.1) is 24.0 Å². The van der Waals surface area contributed by atoms with Crippen LogP contribution < -0.4 is 10.1 Å². The van der Waals surface area contributed by atoms with Gasteiger partial charge in [0.1, 0.15) is 23.8 Å². The van der Waals surface area contributed by atoms with E-state index in [9.17, 15) is 9.18 Å². The summed E-state index contributed by atoms with van der Waals surface area (Å²) < 4.78 is 24.5. The number of ether oxygens (including phenoxy) is 2. The van der Waals surface area contributed by atoms with E-state index in [2.05, 4.69) is 15.2 Å². The highest BCUT2D eigenvalue weighted by Crippen LogP contribution is 2.16. The highest BCUT2D eigenvalue weighted by atomic mass is 127. The maximum absolute atomic E-state index is 13.3. The topological polar surface area (TPSA) is 66.4 Å². The van der Waals surface area contributed by atoms with E-state index in [1.807, 2.05) is 11.8 Å². The Balaban J connectivity index is 0.00000300. The lowest BCUT2D eigenvalue weighted by atomic mass is 10.2. The fraction of sp³-hybridized carbons (Fsp3) is 0.600. The van der Waals surface area contributed by atoms with Crippen molar-refractivity contribution in [3.05, 3.63) is 30.1 Å². The lowest BCUT2D eigenvalue weighted by molar-refractivity contribution is -0.142. The Morgan fingerprint density at radius 1 is 1.34 bits per heavy atom. The highest BCUT2D eigenvalue weighted by Gasteiger charge is 2.30. The molecule has 162 valence electrons. The van der Waals surface area contributed by atoms with Crippen LogP contribution in [0.3, 0.4) is 0 Å². The van der Waals surface area contributed by atoms with Gasteiger partial charge in [0.15, 0.2) is 5.96 Å². The van der Waals surface area contributed by atoms with Gasteiger partial charge >= 0.3 is 0 Å². The molecule has 2 saturated heterocycles. The van der Waals surface area contributed by atoms with Crippen molar-refractivity contribution in [2.24, 2.45) is 4.99 Å². The summed E-state index contributed by atoms with van der Waals surface area (Å²) in [5.41, 5.74) is 0. The van der Waals surface area contributed by atoms with E-state index in [1.165, 1.54) is 12.1 Å². The Hall–Kier alpha value is -1.62. The second-order valence-electron chi connectivity index (χ2n) is 7.13. The third-order valence-electron chi connectivity index (χ3n) is 4.99. The molecule has 3 rings (SSSR count). The number of aliphatic imine (C=N–C) groups is 1. The Labute approximate surface area is 188 Å². The van der Waals surface area contributed by atoms with Gasteiger partial charge in [0.05, 0.1) is 6.54 Å². The van der Waals surface area contributed by atoms with Crippen LogP contribution in [-0.4, -0.2) is 80.3 Å². The van der Waals surface area contributed by atoms with E-state index in [-0.39, 0.29) is 47.9 Å². The molecule has 0 bridgehead atoms. The average Bonchev–Trinajstić information content (AvgIpc) is 3.23. The summed E-state index contributed by atoms with van der Waals surface area (Å²) in [6.45, 7) is 5.91. The number of guanidine groups is 1. The number of carbonyl (C=O) groups is 1. The minimum Gasteiger partial charge on any atom is -0.489 e. The van der Waals surface area contributed by atoms with Gasteiger partial charge in [-0.1, -0.05) is 6.07 Å². The molecule has 1 amide bonds. The number of amides is 1. The summed E-state index contributed by atoms with van der Waals surface area (Å²) in [7, 11) is 1.74. The van der Waals surface area contributed by atoms with Crippen LogP contribution in [0.15, 0.2) is 29.3 Å². The number of rotatable bonds is 5. The fourth-order valence-electron chi connectivity index (χ4n) is 3.50. The highest BCUT2D eigenvalue weighted by molar-refractivity contribution is 14.0. The molecule has 0 spiro atoms. The third-order valence-corrected chi connectivity index (χ3v) is 4.99. The molecular formula is C20H30FIN4O3. The number of hydrogen-bond donors (Lipinski definition) is 1. The van der Waals surface area contributed by atoms with Crippen molar-refractivity contribution in [1.82, 2.24) is 15.1 Å². The van der Waals surface area contributed by atoms with E-state index in [4.69, 9.17) is 9.47 Å². The van der Waals surface area contributed by atoms with Crippen molar-refractivity contribution in [3.63, 3.8) is 0 Å². The Morgan fingerprint density at radius 3 is 2.69 bits per heavy atom. The number of piperazine rings is 1. The number of nitrogens with zero attached hydrogens (tertiary/aromatic N) is 3. The molecule has 0 aliphatic carbocycles. The predicted octanol–water partition coefficient (Wildman–Crippen LogP) is 2.11. The molecule has 2 aliphatic rings. The molecule has 2 atom stereocenters. The quantitative estimate of drug-likeness (QED) is 0.366. The van der Waals surface area contributed by atoms with Crippen LogP contribution in [0, 0.1) is 5.82 Å². The summed E-state index contributed by atoms with van der Waals surface area (Å²) >= 11 is 0.